The van der Waals surface area contributed by atoms with E-state index in [4.69, 9.17) is 0 Å². The van der Waals surface area contributed by atoms with Gasteiger partial charge < -0.3 is 0 Å². The van der Waals surface area contributed by atoms with Crippen LogP contribution in [0.15, 0.2) is 12.2 Å². The molecule has 0 N–H and O–H groups in total. The Morgan fingerprint density at radius 2 is 1.69 bits per heavy atom. The average molecular weight is 182 g/mol. The van der Waals surface area contributed by atoms with Crippen molar-refractivity contribution in [2.75, 3.05) is 0 Å². The highest BCUT2D eigenvalue weighted by molar-refractivity contribution is 4.88. The van der Waals surface area contributed by atoms with E-state index in [1.54, 1.807) is 0 Å². The summed E-state index contributed by atoms with van der Waals surface area (Å²) < 4.78 is 0. The molecule has 0 heteroatoms. The van der Waals surface area contributed by atoms with Gasteiger partial charge in [-0.25, -0.2) is 0 Å². The van der Waals surface area contributed by atoms with Gasteiger partial charge in [-0.1, -0.05) is 59.6 Å². The minimum atomic E-state index is 0.737. The van der Waals surface area contributed by atoms with Crippen LogP contribution in [-0.4, -0.2) is 0 Å². The van der Waals surface area contributed by atoms with Crippen molar-refractivity contribution in [3.05, 3.63) is 12.2 Å². The van der Waals surface area contributed by atoms with E-state index in [2.05, 4.69) is 46.8 Å². The summed E-state index contributed by atoms with van der Waals surface area (Å²) >= 11 is 0. The fourth-order valence-corrected chi connectivity index (χ4v) is 1.76. The predicted molar refractivity (Wildman–Crippen MR) is 61.8 cm³/mol. The molecule has 0 spiro atoms. The fraction of sp³-hybridized carbons (Fsp3) is 0.846. The molecule has 0 aromatic carbocycles. The van der Waals surface area contributed by atoms with E-state index in [-0.39, 0.29) is 0 Å². The third-order valence-corrected chi connectivity index (χ3v) is 3.15. The summed E-state index contributed by atoms with van der Waals surface area (Å²) in [6.45, 7) is 11.6. The average Bonchev–Trinajstić information content (AvgIpc) is 2.13. The molecular weight excluding hydrogens is 156 g/mol. The fourth-order valence-electron chi connectivity index (χ4n) is 1.76. The molecule has 0 amide bonds. The maximum absolute atomic E-state index is 2.38. The van der Waals surface area contributed by atoms with Gasteiger partial charge >= 0.3 is 0 Å². The monoisotopic (exact) mass is 182 g/mol. The normalized spacial score (nSPS) is 18.8. The lowest BCUT2D eigenvalue weighted by Crippen LogP contribution is -2.14. The molecule has 0 fully saturated rings. The zero-order valence-corrected chi connectivity index (χ0v) is 10.0. The lowest BCUT2D eigenvalue weighted by Gasteiger charge is -2.23. The molecule has 0 aliphatic rings. The Kier molecular flexibility index (Phi) is 7.03. The number of allylic oxidation sites excluding steroid dienone is 2. The van der Waals surface area contributed by atoms with E-state index >= 15 is 0 Å². The van der Waals surface area contributed by atoms with Gasteiger partial charge in [0, 0.05) is 0 Å². The quantitative estimate of drug-likeness (QED) is 0.524. The van der Waals surface area contributed by atoms with Crippen molar-refractivity contribution in [3.8, 4) is 0 Å². The minimum Gasteiger partial charge on any atom is -0.0885 e. The Morgan fingerprint density at radius 1 is 1.08 bits per heavy atom. The molecule has 0 rings (SSSR count). The maximum atomic E-state index is 2.38. The molecule has 0 aliphatic carbocycles. The van der Waals surface area contributed by atoms with Gasteiger partial charge in [-0.3, -0.25) is 0 Å². The molecule has 0 aliphatic heterocycles. The Bertz CT molecular complexity index is 135. The Morgan fingerprint density at radius 3 is 2.15 bits per heavy atom. The molecule has 13 heavy (non-hydrogen) atoms. The van der Waals surface area contributed by atoms with Crippen LogP contribution in [0.25, 0.3) is 0 Å². The highest BCUT2D eigenvalue weighted by atomic mass is 14.2. The van der Waals surface area contributed by atoms with E-state index in [1.807, 2.05) is 0 Å². The second kappa shape index (κ2) is 7.17. The maximum Gasteiger partial charge on any atom is -0.0234 e. The number of hydrogen-bond donors (Lipinski definition) is 0. The second-order valence-electron chi connectivity index (χ2n) is 4.32. The van der Waals surface area contributed by atoms with Crippen LogP contribution in [0.4, 0.5) is 0 Å². The summed E-state index contributed by atoms with van der Waals surface area (Å²) in [7, 11) is 0. The molecule has 0 aromatic heterocycles. The third kappa shape index (κ3) is 5.13. The molecule has 3 unspecified atom stereocenters. The van der Waals surface area contributed by atoms with E-state index in [0.29, 0.717) is 0 Å². The molecule has 0 saturated heterocycles. The van der Waals surface area contributed by atoms with Crippen molar-refractivity contribution in [1.82, 2.24) is 0 Å². The summed E-state index contributed by atoms with van der Waals surface area (Å²) in [6.07, 6.45) is 8.51. The molecule has 3 atom stereocenters. The molecule has 0 aromatic rings. The van der Waals surface area contributed by atoms with Gasteiger partial charge in [0.15, 0.2) is 0 Å². The van der Waals surface area contributed by atoms with Crippen molar-refractivity contribution in [2.45, 2.75) is 53.9 Å². The number of hydrogen-bond acceptors (Lipinski definition) is 0. The Hall–Kier alpha value is -0.260. The van der Waals surface area contributed by atoms with E-state index < -0.39 is 0 Å². The van der Waals surface area contributed by atoms with Gasteiger partial charge in [-0.15, -0.1) is 0 Å². The molecule has 0 radical (unpaired) electrons. The summed E-state index contributed by atoms with van der Waals surface area (Å²) in [4.78, 5) is 0. The second-order valence-corrected chi connectivity index (χ2v) is 4.32. The zero-order chi connectivity index (χ0) is 10.3. The molecule has 0 nitrogen and oxygen atoms in total. The van der Waals surface area contributed by atoms with Gasteiger partial charge in [-0.05, 0) is 24.2 Å². The van der Waals surface area contributed by atoms with Crippen LogP contribution < -0.4 is 0 Å². The van der Waals surface area contributed by atoms with Crippen LogP contribution in [-0.2, 0) is 0 Å². The van der Waals surface area contributed by atoms with Crippen LogP contribution in [0.2, 0.25) is 0 Å². The van der Waals surface area contributed by atoms with Crippen LogP contribution in [0.5, 0.6) is 0 Å². The first-order valence-electron chi connectivity index (χ1n) is 5.80. The third-order valence-electron chi connectivity index (χ3n) is 3.15. The smallest absolute Gasteiger partial charge is 0.0234 e. The summed E-state index contributed by atoms with van der Waals surface area (Å²) in [5, 5.41) is 0. The summed E-state index contributed by atoms with van der Waals surface area (Å²) in [6, 6.07) is 0. The first kappa shape index (κ1) is 12.7. The zero-order valence-electron chi connectivity index (χ0n) is 10.0. The molecule has 0 heterocycles. The standard InChI is InChI=1S/C13H26/c1-6-8-10-12(4)13(5)11(3)9-7-2/h8,10-13H,6-7,9H2,1-5H3. The van der Waals surface area contributed by atoms with Crippen molar-refractivity contribution in [1.29, 1.82) is 0 Å². The van der Waals surface area contributed by atoms with Crippen molar-refractivity contribution >= 4 is 0 Å². The van der Waals surface area contributed by atoms with Crippen LogP contribution in [0, 0.1) is 17.8 Å². The first-order chi connectivity index (χ1) is 6.13. The SMILES string of the molecule is CCC=CC(C)C(C)C(C)CCC. The van der Waals surface area contributed by atoms with Crippen molar-refractivity contribution in [3.63, 3.8) is 0 Å². The predicted octanol–water partition coefficient (Wildman–Crippen LogP) is 4.66. The molecule has 78 valence electrons. The van der Waals surface area contributed by atoms with Gasteiger partial charge in [-0.2, -0.15) is 0 Å². The molecule has 0 saturated carbocycles. The highest BCUT2D eigenvalue weighted by Gasteiger charge is 2.15. The highest BCUT2D eigenvalue weighted by Crippen LogP contribution is 2.25. The first-order valence-corrected chi connectivity index (χ1v) is 5.80. The van der Waals surface area contributed by atoms with Gasteiger partial charge in [0.2, 0.25) is 0 Å². The molecular formula is C13H26. The van der Waals surface area contributed by atoms with Crippen LogP contribution in [0.3, 0.4) is 0 Å². The van der Waals surface area contributed by atoms with Gasteiger partial charge in [0.05, 0.1) is 0 Å². The largest absolute Gasteiger partial charge is 0.0885 e. The Labute approximate surface area is 84.4 Å². The lowest BCUT2D eigenvalue weighted by molar-refractivity contribution is 0.301. The van der Waals surface area contributed by atoms with Crippen LogP contribution >= 0.6 is 0 Å². The van der Waals surface area contributed by atoms with Gasteiger partial charge in [0.25, 0.3) is 0 Å². The molecule has 0 bridgehead atoms. The van der Waals surface area contributed by atoms with E-state index in [0.717, 1.165) is 17.8 Å². The number of rotatable bonds is 6. The van der Waals surface area contributed by atoms with Crippen molar-refractivity contribution in [2.24, 2.45) is 17.8 Å². The van der Waals surface area contributed by atoms with Crippen molar-refractivity contribution < 1.29 is 0 Å². The van der Waals surface area contributed by atoms with Gasteiger partial charge in [0.1, 0.15) is 0 Å². The minimum absolute atomic E-state index is 0.737. The lowest BCUT2D eigenvalue weighted by atomic mass is 9.82. The van der Waals surface area contributed by atoms with Crippen LogP contribution in [0.1, 0.15) is 53.9 Å². The summed E-state index contributed by atoms with van der Waals surface area (Å²) in [5.74, 6) is 2.42. The van der Waals surface area contributed by atoms with E-state index in [9.17, 15) is 0 Å². The summed E-state index contributed by atoms with van der Waals surface area (Å²) in [5.41, 5.74) is 0. The van der Waals surface area contributed by atoms with E-state index in [1.165, 1.54) is 19.3 Å². The topological polar surface area (TPSA) is 0 Å². The Balaban J connectivity index is 3.92.